The minimum Gasteiger partial charge on any atom is -0.494 e. The normalized spacial score (nSPS) is 9.94. The van der Waals surface area contributed by atoms with Crippen LogP contribution in [0.3, 0.4) is 0 Å². The fourth-order valence-corrected chi connectivity index (χ4v) is 1.43. The summed E-state index contributed by atoms with van der Waals surface area (Å²) in [5, 5.41) is 0. The van der Waals surface area contributed by atoms with Crippen LogP contribution < -0.4 is 4.74 Å². The molecule has 0 spiro atoms. The molecule has 98 valence electrons. The first-order chi connectivity index (χ1) is 8.58. The highest BCUT2D eigenvalue weighted by atomic mass is 19.1. The summed E-state index contributed by atoms with van der Waals surface area (Å²) >= 11 is 0. The molecule has 0 bridgehead atoms. The molecule has 0 heterocycles. The molecular formula is C13H15FO4. The number of carbonyl (C=O) groups is 2. The summed E-state index contributed by atoms with van der Waals surface area (Å²) in [7, 11) is 1.32. The van der Waals surface area contributed by atoms with E-state index >= 15 is 0 Å². The maximum atomic E-state index is 13.1. The molecule has 5 heteroatoms. The molecule has 0 aromatic heterocycles. The zero-order chi connectivity index (χ0) is 13.5. The number of rotatable bonds is 6. The van der Waals surface area contributed by atoms with Gasteiger partial charge in [-0.2, -0.15) is 0 Å². The monoisotopic (exact) mass is 254 g/mol. The van der Waals surface area contributed by atoms with Crippen molar-refractivity contribution >= 4 is 11.8 Å². The molecule has 0 atom stereocenters. The number of hydrogen-bond acceptors (Lipinski definition) is 4. The van der Waals surface area contributed by atoms with E-state index < -0.39 is 11.8 Å². The van der Waals surface area contributed by atoms with Gasteiger partial charge >= 0.3 is 5.97 Å². The molecule has 18 heavy (non-hydrogen) atoms. The standard InChI is InChI=1S/C13H15FO4/c1-3-18-13(16)7-6-11(15)9-4-5-10(14)12(8-9)17-2/h4-5,8H,3,6-7H2,1-2H3. The summed E-state index contributed by atoms with van der Waals surface area (Å²) < 4.78 is 22.6. The lowest BCUT2D eigenvalue weighted by molar-refractivity contribution is -0.143. The van der Waals surface area contributed by atoms with Crippen LogP contribution in [0.5, 0.6) is 5.75 Å². The predicted octanol–water partition coefficient (Wildman–Crippen LogP) is 2.36. The van der Waals surface area contributed by atoms with Crippen molar-refractivity contribution in [3.63, 3.8) is 0 Å². The number of methoxy groups -OCH3 is 1. The van der Waals surface area contributed by atoms with Crippen LogP contribution in [0.4, 0.5) is 4.39 Å². The Labute approximate surface area is 105 Å². The molecule has 1 aromatic rings. The van der Waals surface area contributed by atoms with Gasteiger partial charge < -0.3 is 9.47 Å². The highest BCUT2D eigenvalue weighted by Crippen LogP contribution is 2.19. The zero-order valence-electron chi connectivity index (χ0n) is 10.4. The largest absolute Gasteiger partial charge is 0.494 e. The van der Waals surface area contributed by atoms with Crippen molar-refractivity contribution in [2.75, 3.05) is 13.7 Å². The lowest BCUT2D eigenvalue weighted by Crippen LogP contribution is -2.08. The molecule has 0 amide bonds. The Morgan fingerprint density at radius 3 is 2.61 bits per heavy atom. The van der Waals surface area contributed by atoms with Gasteiger partial charge in [0.25, 0.3) is 0 Å². The molecule has 0 N–H and O–H groups in total. The second kappa shape index (κ2) is 6.74. The van der Waals surface area contributed by atoms with Gasteiger partial charge in [-0.15, -0.1) is 0 Å². The van der Waals surface area contributed by atoms with Gasteiger partial charge in [0.1, 0.15) is 0 Å². The topological polar surface area (TPSA) is 52.6 Å². The van der Waals surface area contributed by atoms with Crippen LogP contribution in [0.1, 0.15) is 30.1 Å². The van der Waals surface area contributed by atoms with Crippen LogP contribution in [-0.2, 0) is 9.53 Å². The summed E-state index contributed by atoms with van der Waals surface area (Å²) in [5.41, 5.74) is 0.317. The molecule has 0 radical (unpaired) electrons. The molecular weight excluding hydrogens is 239 g/mol. The smallest absolute Gasteiger partial charge is 0.306 e. The van der Waals surface area contributed by atoms with Crippen LogP contribution in [0.2, 0.25) is 0 Å². The highest BCUT2D eigenvalue weighted by Gasteiger charge is 2.12. The fourth-order valence-electron chi connectivity index (χ4n) is 1.43. The van der Waals surface area contributed by atoms with Crippen molar-refractivity contribution in [2.24, 2.45) is 0 Å². The Balaban J connectivity index is 2.64. The van der Waals surface area contributed by atoms with Crippen molar-refractivity contribution in [1.29, 1.82) is 0 Å². The number of Topliss-reactive ketones (excluding diaryl/α,β-unsaturated/α-hetero) is 1. The first kappa shape index (κ1) is 14.2. The van der Waals surface area contributed by atoms with Gasteiger partial charge in [0.05, 0.1) is 20.1 Å². The number of hydrogen-bond donors (Lipinski definition) is 0. The average Bonchev–Trinajstić information content (AvgIpc) is 2.37. The maximum Gasteiger partial charge on any atom is 0.306 e. The molecule has 4 nitrogen and oxygen atoms in total. The third-order valence-corrected chi connectivity index (χ3v) is 2.33. The van der Waals surface area contributed by atoms with E-state index in [0.717, 1.165) is 6.07 Å². The van der Waals surface area contributed by atoms with Gasteiger partial charge in [-0.05, 0) is 25.1 Å². The van der Waals surface area contributed by atoms with E-state index in [0.29, 0.717) is 5.56 Å². The van der Waals surface area contributed by atoms with Gasteiger partial charge in [0.2, 0.25) is 0 Å². The summed E-state index contributed by atoms with van der Waals surface area (Å²) in [4.78, 5) is 22.8. The van der Waals surface area contributed by atoms with E-state index in [1.807, 2.05) is 0 Å². The molecule has 1 aromatic carbocycles. The second-order valence-corrected chi connectivity index (χ2v) is 3.58. The summed E-state index contributed by atoms with van der Waals surface area (Å²) in [5.74, 6) is -1.18. The number of benzene rings is 1. The van der Waals surface area contributed by atoms with E-state index in [-0.39, 0.29) is 31.0 Å². The van der Waals surface area contributed by atoms with Crippen molar-refractivity contribution in [1.82, 2.24) is 0 Å². The lowest BCUT2D eigenvalue weighted by atomic mass is 10.1. The highest BCUT2D eigenvalue weighted by molar-refractivity contribution is 5.97. The lowest BCUT2D eigenvalue weighted by Gasteiger charge is -2.05. The van der Waals surface area contributed by atoms with Gasteiger partial charge in [-0.3, -0.25) is 9.59 Å². The second-order valence-electron chi connectivity index (χ2n) is 3.58. The fraction of sp³-hybridized carbons (Fsp3) is 0.385. The van der Waals surface area contributed by atoms with Crippen molar-refractivity contribution in [3.05, 3.63) is 29.6 Å². The first-order valence-electron chi connectivity index (χ1n) is 5.60. The molecule has 0 saturated heterocycles. The van der Waals surface area contributed by atoms with Gasteiger partial charge in [0, 0.05) is 12.0 Å². The number of esters is 1. The van der Waals surface area contributed by atoms with Crippen LogP contribution in [0.25, 0.3) is 0 Å². The predicted molar refractivity (Wildman–Crippen MR) is 63.1 cm³/mol. The maximum absolute atomic E-state index is 13.1. The molecule has 0 aliphatic heterocycles. The third kappa shape index (κ3) is 3.84. The number of carbonyl (C=O) groups excluding carboxylic acids is 2. The van der Waals surface area contributed by atoms with Crippen molar-refractivity contribution < 1.29 is 23.5 Å². The van der Waals surface area contributed by atoms with E-state index in [9.17, 15) is 14.0 Å². The molecule has 0 aliphatic rings. The van der Waals surface area contributed by atoms with Gasteiger partial charge in [-0.1, -0.05) is 0 Å². The van der Waals surface area contributed by atoms with E-state index in [1.165, 1.54) is 19.2 Å². The Bertz CT molecular complexity index is 443. The molecule has 0 saturated carbocycles. The average molecular weight is 254 g/mol. The quantitative estimate of drug-likeness (QED) is 0.577. The van der Waals surface area contributed by atoms with Crippen LogP contribution in [-0.4, -0.2) is 25.5 Å². The Hall–Kier alpha value is -1.91. The minimum absolute atomic E-state index is 0.0111. The van der Waals surface area contributed by atoms with Crippen LogP contribution in [0, 0.1) is 5.82 Å². The van der Waals surface area contributed by atoms with Gasteiger partial charge in [0.15, 0.2) is 17.3 Å². The minimum atomic E-state index is -0.528. The van der Waals surface area contributed by atoms with E-state index in [1.54, 1.807) is 6.92 Å². The van der Waals surface area contributed by atoms with Crippen LogP contribution in [0.15, 0.2) is 18.2 Å². The SMILES string of the molecule is CCOC(=O)CCC(=O)c1ccc(F)c(OC)c1. The van der Waals surface area contributed by atoms with E-state index in [2.05, 4.69) is 0 Å². The first-order valence-corrected chi connectivity index (χ1v) is 5.60. The zero-order valence-corrected chi connectivity index (χ0v) is 10.4. The Kier molecular flexibility index (Phi) is 5.30. The Morgan fingerprint density at radius 1 is 1.28 bits per heavy atom. The van der Waals surface area contributed by atoms with Gasteiger partial charge in [-0.25, -0.2) is 4.39 Å². The number of halogens is 1. The van der Waals surface area contributed by atoms with Crippen LogP contribution >= 0.6 is 0 Å². The summed E-state index contributed by atoms with van der Waals surface area (Å²) in [6.45, 7) is 1.99. The molecule has 0 aliphatic carbocycles. The summed E-state index contributed by atoms with van der Waals surface area (Å²) in [6.07, 6.45) is 0.0555. The number of ether oxygens (including phenoxy) is 2. The Morgan fingerprint density at radius 2 is 2.00 bits per heavy atom. The van der Waals surface area contributed by atoms with Crippen molar-refractivity contribution in [3.8, 4) is 5.75 Å². The van der Waals surface area contributed by atoms with Crippen molar-refractivity contribution in [2.45, 2.75) is 19.8 Å². The number of ketones is 1. The summed E-state index contributed by atoms with van der Waals surface area (Å²) in [6, 6.07) is 3.85. The molecule has 0 fully saturated rings. The molecule has 0 unspecified atom stereocenters. The van der Waals surface area contributed by atoms with E-state index in [4.69, 9.17) is 9.47 Å². The molecule has 1 rings (SSSR count). The third-order valence-electron chi connectivity index (χ3n) is 2.33.